The quantitative estimate of drug-likeness (QED) is 0.912. The van der Waals surface area contributed by atoms with Gasteiger partial charge in [-0.1, -0.05) is 0 Å². The van der Waals surface area contributed by atoms with Crippen LogP contribution in [-0.2, 0) is 0 Å². The van der Waals surface area contributed by atoms with Crippen LogP contribution in [0.5, 0.6) is 0 Å². The zero-order valence-corrected chi connectivity index (χ0v) is 10.1. The van der Waals surface area contributed by atoms with Crippen molar-refractivity contribution < 1.29 is 14.3 Å². The van der Waals surface area contributed by atoms with Crippen molar-refractivity contribution in [3.05, 3.63) is 46.1 Å². The number of hydrogen-bond donors (Lipinski definition) is 1. The zero-order chi connectivity index (χ0) is 11.7. The molecule has 16 heavy (non-hydrogen) atoms. The first-order valence-electron chi connectivity index (χ1n) is 4.66. The van der Waals surface area contributed by atoms with Gasteiger partial charge in [-0.25, -0.2) is 4.79 Å². The lowest BCUT2D eigenvalue weighted by molar-refractivity contribution is 0.0697. The first kappa shape index (κ1) is 11.0. The summed E-state index contributed by atoms with van der Waals surface area (Å²) in [4.78, 5) is 10.9. The van der Waals surface area contributed by atoms with Gasteiger partial charge in [-0.2, -0.15) is 0 Å². The minimum atomic E-state index is -0.937. The molecule has 4 heteroatoms. The molecule has 0 fully saturated rings. The minimum absolute atomic E-state index is 0.262. The fraction of sp³-hybridized carbons (Fsp3) is 0.0833. The van der Waals surface area contributed by atoms with Crippen molar-refractivity contribution in [3.63, 3.8) is 0 Å². The summed E-state index contributed by atoms with van der Waals surface area (Å²) < 4.78 is 6.11. The zero-order valence-electron chi connectivity index (χ0n) is 8.53. The molecule has 1 aromatic carbocycles. The van der Waals surface area contributed by atoms with Gasteiger partial charge in [0.25, 0.3) is 0 Å². The fourth-order valence-corrected chi connectivity index (χ4v) is 1.97. The molecule has 1 aromatic heterocycles. The molecule has 1 heterocycles. The Bertz CT molecular complexity index is 543. The van der Waals surface area contributed by atoms with Gasteiger partial charge in [0.2, 0.25) is 0 Å². The molecular formula is C12H9BrO3. The van der Waals surface area contributed by atoms with Gasteiger partial charge in [-0.05, 0) is 52.7 Å². The fourth-order valence-electron chi connectivity index (χ4n) is 1.54. The van der Waals surface area contributed by atoms with E-state index in [1.54, 1.807) is 24.5 Å². The third kappa shape index (κ3) is 2.02. The number of benzene rings is 1. The molecule has 0 amide bonds. The minimum Gasteiger partial charge on any atom is -0.478 e. The molecule has 1 N–H and O–H groups in total. The predicted molar refractivity (Wildman–Crippen MR) is 63.5 cm³/mol. The van der Waals surface area contributed by atoms with Crippen LogP contribution < -0.4 is 0 Å². The van der Waals surface area contributed by atoms with Crippen LogP contribution in [-0.4, -0.2) is 11.1 Å². The van der Waals surface area contributed by atoms with Gasteiger partial charge >= 0.3 is 5.97 Å². The summed E-state index contributed by atoms with van der Waals surface area (Å²) in [5.74, 6) is -0.293. The summed E-state index contributed by atoms with van der Waals surface area (Å²) in [5.41, 5.74) is 1.91. The topological polar surface area (TPSA) is 50.4 Å². The highest BCUT2D eigenvalue weighted by molar-refractivity contribution is 9.10. The van der Waals surface area contributed by atoms with E-state index >= 15 is 0 Å². The summed E-state index contributed by atoms with van der Waals surface area (Å²) in [6.45, 7) is 1.85. The summed E-state index contributed by atoms with van der Waals surface area (Å²) in [7, 11) is 0. The van der Waals surface area contributed by atoms with E-state index in [1.165, 1.54) is 0 Å². The Hall–Kier alpha value is -1.55. The van der Waals surface area contributed by atoms with Gasteiger partial charge in [-0.15, -0.1) is 0 Å². The van der Waals surface area contributed by atoms with Crippen molar-refractivity contribution in [2.45, 2.75) is 6.92 Å². The van der Waals surface area contributed by atoms with E-state index < -0.39 is 5.97 Å². The predicted octanol–water partition coefficient (Wildman–Crippen LogP) is 3.72. The van der Waals surface area contributed by atoms with Crippen LogP contribution in [0.1, 0.15) is 15.9 Å². The Morgan fingerprint density at radius 1 is 1.38 bits per heavy atom. The average molecular weight is 281 g/mol. The first-order valence-corrected chi connectivity index (χ1v) is 5.45. The second kappa shape index (κ2) is 4.14. The maximum Gasteiger partial charge on any atom is 0.335 e. The summed E-state index contributed by atoms with van der Waals surface area (Å²) in [5, 5.41) is 8.96. The molecular weight excluding hydrogens is 272 g/mol. The van der Waals surface area contributed by atoms with Gasteiger partial charge in [0, 0.05) is 5.56 Å². The number of aryl methyl sites for hydroxylation is 1. The number of carbonyl (C=O) groups is 1. The molecule has 0 bridgehead atoms. The van der Waals surface area contributed by atoms with E-state index in [9.17, 15) is 4.79 Å². The maximum atomic E-state index is 10.9. The Kier molecular flexibility index (Phi) is 2.83. The largest absolute Gasteiger partial charge is 0.478 e. The lowest BCUT2D eigenvalue weighted by Crippen LogP contribution is -1.97. The van der Waals surface area contributed by atoms with E-state index in [4.69, 9.17) is 9.52 Å². The molecule has 0 aliphatic carbocycles. The Morgan fingerprint density at radius 2 is 2.12 bits per heavy atom. The Labute approximate surface area is 101 Å². The number of carboxylic acids is 1. The van der Waals surface area contributed by atoms with E-state index in [1.807, 2.05) is 13.0 Å². The van der Waals surface area contributed by atoms with Crippen molar-refractivity contribution in [2.24, 2.45) is 0 Å². The molecule has 82 valence electrons. The molecule has 3 nitrogen and oxygen atoms in total. The third-order valence-corrected chi connectivity index (χ3v) is 2.83. The van der Waals surface area contributed by atoms with Crippen LogP contribution in [0.3, 0.4) is 0 Å². The highest BCUT2D eigenvalue weighted by atomic mass is 79.9. The van der Waals surface area contributed by atoms with E-state index in [-0.39, 0.29) is 5.56 Å². The Morgan fingerprint density at radius 3 is 2.69 bits per heavy atom. The molecule has 0 radical (unpaired) electrons. The van der Waals surface area contributed by atoms with Crippen molar-refractivity contribution in [1.29, 1.82) is 0 Å². The number of aromatic carboxylic acids is 1. The molecule has 2 rings (SSSR count). The molecule has 0 atom stereocenters. The molecule has 0 saturated carbocycles. The van der Waals surface area contributed by atoms with Crippen LogP contribution in [0.25, 0.3) is 11.3 Å². The van der Waals surface area contributed by atoms with Crippen molar-refractivity contribution >= 4 is 21.9 Å². The third-order valence-electron chi connectivity index (χ3n) is 2.20. The van der Waals surface area contributed by atoms with Crippen LogP contribution in [0.4, 0.5) is 0 Å². The van der Waals surface area contributed by atoms with Gasteiger partial charge in [0.1, 0.15) is 5.76 Å². The van der Waals surface area contributed by atoms with Gasteiger partial charge in [0.05, 0.1) is 16.3 Å². The Balaban J connectivity index is 2.58. The second-order valence-corrected chi connectivity index (χ2v) is 4.34. The van der Waals surface area contributed by atoms with Gasteiger partial charge in [0.15, 0.2) is 0 Å². The van der Waals surface area contributed by atoms with E-state index in [2.05, 4.69) is 15.9 Å². The van der Waals surface area contributed by atoms with Gasteiger partial charge in [-0.3, -0.25) is 0 Å². The number of carboxylic acid groups (broad SMARTS) is 1. The van der Waals surface area contributed by atoms with Crippen LogP contribution >= 0.6 is 15.9 Å². The van der Waals surface area contributed by atoms with Crippen LogP contribution in [0, 0.1) is 6.92 Å². The van der Waals surface area contributed by atoms with Crippen LogP contribution in [0.2, 0.25) is 0 Å². The standard InChI is InChI=1S/C12H9BrO3/c1-7-4-8(6-9(5-7)12(14)15)11-10(13)2-3-16-11/h2-6H,1H3,(H,14,15). The smallest absolute Gasteiger partial charge is 0.335 e. The van der Waals surface area contributed by atoms with E-state index in [0.717, 1.165) is 15.6 Å². The normalized spacial score (nSPS) is 10.4. The highest BCUT2D eigenvalue weighted by Gasteiger charge is 2.11. The molecule has 2 aromatic rings. The second-order valence-electron chi connectivity index (χ2n) is 3.49. The lowest BCUT2D eigenvalue weighted by Gasteiger charge is -2.03. The van der Waals surface area contributed by atoms with Crippen molar-refractivity contribution in [2.75, 3.05) is 0 Å². The summed E-state index contributed by atoms with van der Waals surface area (Å²) >= 11 is 3.35. The SMILES string of the molecule is Cc1cc(C(=O)O)cc(-c2occc2Br)c1. The van der Waals surface area contributed by atoms with Crippen molar-refractivity contribution in [3.8, 4) is 11.3 Å². The van der Waals surface area contributed by atoms with Crippen molar-refractivity contribution in [1.82, 2.24) is 0 Å². The van der Waals surface area contributed by atoms with E-state index in [0.29, 0.717) is 5.76 Å². The molecule has 0 unspecified atom stereocenters. The highest BCUT2D eigenvalue weighted by Crippen LogP contribution is 2.30. The maximum absolute atomic E-state index is 10.9. The summed E-state index contributed by atoms with van der Waals surface area (Å²) in [6.07, 6.45) is 1.56. The van der Waals surface area contributed by atoms with Crippen LogP contribution in [0.15, 0.2) is 39.4 Å². The number of furan rings is 1. The summed E-state index contributed by atoms with van der Waals surface area (Å²) in [6, 6.07) is 6.88. The number of hydrogen-bond acceptors (Lipinski definition) is 2. The lowest BCUT2D eigenvalue weighted by atomic mass is 10.1. The van der Waals surface area contributed by atoms with Gasteiger partial charge < -0.3 is 9.52 Å². The molecule has 0 aliphatic rings. The number of halogens is 1. The number of rotatable bonds is 2. The molecule has 0 aliphatic heterocycles. The average Bonchev–Trinajstić information content (AvgIpc) is 2.63. The molecule has 0 spiro atoms. The monoisotopic (exact) mass is 280 g/mol. The first-order chi connectivity index (χ1) is 7.58. The molecule has 0 saturated heterocycles.